The quantitative estimate of drug-likeness (QED) is 0.461. The molecule has 0 aliphatic heterocycles. The zero-order chi connectivity index (χ0) is 14.4. The van der Waals surface area contributed by atoms with Gasteiger partial charge in [-0.15, -0.1) is 23.2 Å². The number of nitro benzene ring substituents is 1. The van der Waals surface area contributed by atoms with Gasteiger partial charge in [0.05, 0.1) is 4.92 Å². The Balaban J connectivity index is 3.19. The van der Waals surface area contributed by atoms with Crippen LogP contribution in [0.3, 0.4) is 0 Å². The predicted octanol–water partition coefficient (Wildman–Crippen LogP) is 2.82. The monoisotopic (exact) mass is 304 g/mol. The first-order chi connectivity index (χ1) is 9.02. The molecule has 0 saturated heterocycles. The molecule has 0 aromatic heterocycles. The van der Waals surface area contributed by atoms with Gasteiger partial charge < -0.3 is 4.90 Å². The molecule has 104 valence electrons. The number of amides is 1. The van der Waals surface area contributed by atoms with Crippen LogP contribution in [0.2, 0.25) is 0 Å². The molecule has 0 bridgehead atoms. The summed E-state index contributed by atoms with van der Waals surface area (Å²) in [5, 5.41) is 11.0. The number of alkyl halides is 2. The maximum atomic E-state index is 12.4. The molecule has 0 spiro atoms. The summed E-state index contributed by atoms with van der Waals surface area (Å²) in [7, 11) is 0. The van der Waals surface area contributed by atoms with E-state index >= 15 is 0 Å². The zero-order valence-electron chi connectivity index (χ0n) is 10.4. The van der Waals surface area contributed by atoms with E-state index in [-0.39, 0.29) is 23.0 Å². The Labute approximate surface area is 121 Å². The fourth-order valence-electron chi connectivity index (χ4n) is 1.76. The number of halogens is 2. The standard InChI is InChI=1S/C12H14Cl2N2O3/c1-9-3-2-4-10(16(18)19)11(9)12(17)15(7-5-13)8-6-14/h2-4H,5-8H2,1H3. The summed E-state index contributed by atoms with van der Waals surface area (Å²) in [6.07, 6.45) is 0. The summed E-state index contributed by atoms with van der Waals surface area (Å²) in [5.74, 6) is 0.0936. The van der Waals surface area contributed by atoms with Gasteiger partial charge in [0.1, 0.15) is 5.56 Å². The molecular formula is C12H14Cl2N2O3. The first kappa shape index (κ1) is 15.7. The molecule has 0 atom stereocenters. The highest BCUT2D eigenvalue weighted by molar-refractivity contribution is 6.18. The summed E-state index contributed by atoms with van der Waals surface area (Å²) in [5.41, 5.74) is 0.468. The van der Waals surface area contributed by atoms with Crippen LogP contribution in [0.25, 0.3) is 0 Å². The Morgan fingerprint density at radius 3 is 2.37 bits per heavy atom. The Kier molecular flexibility index (Phi) is 6.05. The van der Waals surface area contributed by atoms with Crippen LogP contribution in [-0.4, -0.2) is 40.6 Å². The number of hydrogen-bond acceptors (Lipinski definition) is 3. The van der Waals surface area contributed by atoms with E-state index in [4.69, 9.17) is 23.2 Å². The van der Waals surface area contributed by atoms with Crippen molar-refractivity contribution in [3.63, 3.8) is 0 Å². The fourth-order valence-corrected chi connectivity index (χ4v) is 2.17. The van der Waals surface area contributed by atoms with Gasteiger partial charge in [0, 0.05) is 30.9 Å². The highest BCUT2D eigenvalue weighted by Crippen LogP contribution is 2.23. The third-order valence-corrected chi connectivity index (χ3v) is 3.00. The molecule has 0 saturated carbocycles. The van der Waals surface area contributed by atoms with Crippen LogP contribution in [-0.2, 0) is 0 Å². The molecule has 0 aliphatic rings. The fraction of sp³-hybridized carbons (Fsp3) is 0.417. The molecule has 1 rings (SSSR count). The van der Waals surface area contributed by atoms with Crippen molar-refractivity contribution in [3.8, 4) is 0 Å². The molecule has 5 nitrogen and oxygen atoms in total. The molecule has 0 N–H and O–H groups in total. The Morgan fingerprint density at radius 1 is 1.32 bits per heavy atom. The van der Waals surface area contributed by atoms with Crippen LogP contribution in [0.5, 0.6) is 0 Å². The van der Waals surface area contributed by atoms with Gasteiger partial charge in [0.15, 0.2) is 0 Å². The van der Waals surface area contributed by atoms with Crippen molar-refractivity contribution in [1.29, 1.82) is 0 Å². The van der Waals surface area contributed by atoms with Crippen LogP contribution in [0.4, 0.5) is 5.69 Å². The normalized spacial score (nSPS) is 10.3. The van der Waals surface area contributed by atoms with E-state index in [1.54, 1.807) is 19.1 Å². The van der Waals surface area contributed by atoms with E-state index < -0.39 is 10.8 Å². The maximum Gasteiger partial charge on any atom is 0.282 e. The number of carbonyl (C=O) groups excluding carboxylic acids is 1. The third-order valence-electron chi connectivity index (χ3n) is 2.66. The van der Waals surface area contributed by atoms with Crippen LogP contribution in [0, 0.1) is 17.0 Å². The highest BCUT2D eigenvalue weighted by Gasteiger charge is 2.25. The first-order valence-corrected chi connectivity index (χ1v) is 6.75. The summed E-state index contributed by atoms with van der Waals surface area (Å²) in [4.78, 5) is 24.2. The molecule has 1 aromatic carbocycles. The second-order valence-corrected chi connectivity index (χ2v) is 4.65. The van der Waals surface area contributed by atoms with Gasteiger partial charge in [-0.05, 0) is 12.5 Å². The largest absolute Gasteiger partial charge is 0.336 e. The van der Waals surface area contributed by atoms with Crippen LogP contribution >= 0.6 is 23.2 Å². The van der Waals surface area contributed by atoms with Gasteiger partial charge in [-0.25, -0.2) is 0 Å². The summed E-state index contributed by atoms with van der Waals surface area (Å²) in [6.45, 7) is 2.27. The number of carbonyl (C=O) groups is 1. The Hall–Kier alpha value is -1.33. The molecule has 0 heterocycles. The summed E-state index contributed by atoms with van der Waals surface area (Å²) < 4.78 is 0. The second kappa shape index (κ2) is 7.31. The SMILES string of the molecule is Cc1cccc([N+](=O)[O-])c1C(=O)N(CCCl)CCCl. The van der Waals surface area contributed by atoms with Crippen molar-refractivity contribution in [1.82, 2.24) is 4.90 Å². The zero-order valence-corrected chi connectivity index (χ0v) is 11.9. The second-order valence-electron chi connectivity index (χ2n) is 3.90. The topological polar surface area (TPSA) is 63.5 Å². The van der Waals surface area contributed by atoms with Crippen molar-refractivity contribution in [2.45, 2.75) is 6.92 Å². The molecule has 0 unspecified atom stereocenters. The maximum absolute atomic E-state index is 12.4. The van der Waals surface area contributed by atoms with Crippen LogP contribution in [0.1, 0.15) is 15.9 Å². The predicted molar refractivity (Wildman–Crippen MR) is 75.2 cm³/mol. The number of hydrogen-bond donors (Lipinski definition) is 0. The molecule has 1 aromatic rings. The van der Waals surface area contributed by atoms with E-state index in [9.17, 15) is 14.9 Å². The smallest absolute Gasteiger partial charge is 0.282 e. The lowest BCUT2D eigenvalue weighted by atomic mass is 10.1. The van der Waals surface area contributed by atoms with Crippen LogP contribution < -0.4 is 0 Å². The van der Waals surface area contributed by atoms with Gasteiger partial charge in [0.2, 0.25) is 0 Å². The minimum atomic E-state index is -0.556. The Bertz CT molecular complexity index is 474. The lowest BCUT2D eigenvalue weighted by Crippen LogP contribution is -2.35. The van der Waals surface area contributed by atoms with E-state index in [0.29, 0.717) is 18.7 Å². The average molecular weight is 305 g/mol. The van der Waals surface area contributed by atoms with E-state index in [1.165, 1.54) is 11.0 Å². The Morgan fingerprint density at radius 2 is 1.89 bits per heavy atom. The van der Waals surface area contributed by atoms with E-state index in [2.05, 4.69) is 0 Å². The van der Waals surface area contributed by atoms with Gasteiger partial charge in [-0.3, -0.25) is 14.9 Å². The summed E-state index contributed by atoms with van der Waals surface area (Å²) >= 11 is 11.3. The molecular weight excluding hydrogens is 291 g/mol. The molecule has 1 amide bonds. The third kappa shape index (κ3) is 3.81. The molecule has 7 heteroatoms. The molecule has 19 heavy (non-hydrogen) atoms. The van der Waals surface area contributed by atoms with Crippen molar-refractivity contribution in [3.05, 3.63) is 39.4 Å². The van der Waals surface area contributed by atoms with Crippen molar-refractivity contribution in [2.75, 3.05) is 24.8 Å². The van der Waals surface area contributed by atoms with Gasteiger partial charge in [-0.2, -0.15) is 0 Å². The van der Waals surface area contributed by atoms with Gasteiger partial charge >= 0.3 is 0 Å². The number of benzene rings is 1. The number of nitrogens with zero attached hydrogens (tertiary/aromatic N) is 2. The average Bonchev–Trinajstić information content (AvgIpc) is 2.37. The summed E-state index contributed by atoms with van der Waals surface area (Å²) in [6, 6.07) is 4.54. The number of aryl methyl sites for hydroxylation is 1. The minimum Gasteiger partial charge on any atom is -0.336 e. The van der Waals surface area contributed by atoms with E-state index in [1.807, 2.05) is 0 Å². The molecule has 0 aliphatic carbocycles. The van der Waals surface area contributed by atoms with Gasteiger partial charge in [0.25, 0.3) is 11.6 Å². The lowest BCUT2D eigenvalue weighted by molar-refractivity contribution is -0.385. The van der Waals surface area contributed by atoms with Crippen molar-refractivity contribution >= 4 is 34.8 Å². The van der Waals surface area contributed by atoms with Crippen molar-refractivity contribution < 1.29 is 9.72 Å². The van der Waals surface area contributed by atoms with E-state index in [0.717, 1.165) is 0 Å². The lowest BCUT2D eigenvalue weighted by Gasteiger charge is -2.21. The molecule has 0 radical (unpaired) electrons. The van der Waals surface area contributed by atoms with Crippen molar-refractivity contribution in [2.24, 2.45) is 0 Å². The van der Waals surface area contributed by atoms with Crippen LogP contribution in [0.15, 0.2) is 18.2 Å². The molecule has 0 fully saturated rings. The highest BCUT2D eigenvalue weighted by atomic mass is 35.5. The first-order valence-electron chi connectivity index (χ1n) is 5.68. The minimum absolute atomic E-state index is 0.0998. The van der Waals surface area contributed by atoms with Gasteiger partial charge in [-0.1, -0.05) is 12.1 Å². The number of rotatable bonds is 6. The number of nitro groups is 1.